The highest BCUT2D eigenvalue weighted by Gasteiger charge is 1.87. The van der Waals surface area contributed by atoms with Crippen LogP contribution in [-0.2, 0) is 0 Å². The van der Waals surface area contributed by atoms with Crippen molar-refractivity contribution >= 4 is 10.9 Å². The second-order valence-electron chi connectivity index (χ2n) is 1.79. The molecule has 0 atom stereocenters. The van der Waals surface area contributed by atoms with Crippen LogP contribution in [0.1, 0.15) is 5.48 Å². The second-order valence-corrected chi connectivity index (χ2v) is 1.79. The first-order valence-corrected chi connectivity index (χ1v) is 2.79. The van der Waals surface area contributed by atoms with E-state index in [2.05, 4.69) is 9.97 Å². The Bertz CT molecular complexity index is 466. The van der Waals surface area contributed by atoms with E-state index in [4.69, 9.17) is 5.48 Å². The maximum Gasteiger partial charge on any atom is 0.116 e. The molecule has 2 nitrogen and oxygen atoms in total. The normalized spacial score (nSPS) is 15.6. The van der Waals surface area contributed by atoms with Crippen molar-refractivity contribution < 1.29 is 5.48 Å². The van der Waals surface area contributed by atoms with E-state index in [0.717, 1.165) is 0 Å². The molecule has 2 aromatic rings. The number of nitrogens with zero attached hydrogens (tertiary/aromatic N) is 2. The Morgan fingerprint density at radius 1 is 1.30 bits per heavy atom. The lowest BCUT2D eigenvalue weighted by molar-refractivity contribution is 1.22. The Kier molecular flexibility index (Phi) is 0.549. The van der Waals surface area contributed by atoms with E-state index in [1.54, 1.807) is 0 Å². The lowest BCUT2D eigenvalue weighted by atomic mass is 10.2. The van der Waals surface area contributed by atoms with Crippen LogP contribution in [0.4, 0.5) is 0 Å². The SMILES string of the molecule is [2H]c1c([2H])c([2H])c2ncncc2c1[2H]. The fourth-order valence-corrected chi connectivity index (χ4v) is 0.710. The number of rotatable bonds is 0. The summed E-state index contributed by atoms with van der Waals surface area (Å²) in [7, 11) is 0. The third-order valence-corrected chi connectivity index (χ3v) is 1.15. The van der Waals surface area contributed by atoms with Crippen LogP contribution in [0.3, 0.4) is 0 Å². The van der Waals surface area contributed by atoms with E-state index in [1.165, 1.54) is 12.5 Å². The average molecular weight is 134 g/mol. The Morgan fingerprint density at radius 2 is 2.20 bits per heavy atom. The van der Waals surface area contributed by atoms with Crippen molar-refractivity contribution in [1.29, 1.82) is 0 Å². The summed E-state index contributed by atoms with van der Waals surface area (Å²) in [6.45, 7) is 0. The molecule has 0 aliphatic heterocycles. The maximum atomic E-state index is 7.55. The van der Waals surface area contributed by atoms with Crippen molar-refractivity contribution in [2.75, 3.05) is 0 Å². The van der Waals surface area contributed by atoms with E-state index >= 15 is 0 Å². The van der Waals surface area contributed by atoms with Crippen LogP contribution in [-0.4, -0.2) is 9.97 Å². The molecule has 0 radical (unpaired) electrons. The van der Waals surface area contributed by atoms with E-state index in [9.17, 15) is 0 Å². The molecule has 1 aromatic heterocycles. The molecule has 0 aliphatic carbocycles. The van der Waals surface area contributed by atoms with Crippen LogP contribution < -0.4 is 0 Å². The fourth-order valence-electron chi connectivity index (χ4n) is 0.710. The van der Waals surface area contributed by atoms with Crippen molar-refractivity contribution in [3.8, 4) is 0 Å². The summed E-state index contributed by atoms with van der Waals surface area (Å²) >= 11 is 0. The monoisotopic (exact) mass is 134 g/mol. The Balaban J connectivity index is 3.02. The van der Waals surface area contributed by atoms with Gasteiger partial charge >= 0.3 is 0 Å². The van der Waals surface area contributed by atoms with Gasteiger partial charge < -0.3 is 0 Å². The van der Waals surface area contributed by atoms with Gasteiger partial charge in [0.2, 0.25) is 0 Å². The van der Waals surface area contributed by atoms with Gasteiger partial charge in [-0.15, -0.1) is 0 Å². The predicted octanol–water partition coefficient (Wildman–Crippen LogP) is 1.63. The summed E-state index contributed by atoms with van der Waals surface area (Å²) < 4.78 is 29.9. The van der Waals surface area contributed by atoms with Crippen LogP contribution in [0.15, 0.2) is 36.7 Å². The zero-order valence-electron chi connectivity index (χ0n) is 9.05. The average Bonchev–Trinajstić information content (AvgIpc) is 2.23. The van der Waals surface area contributed by atoms with Crippen LogP contribution in [0, 0.1) is 0 Å². The molecule has 0 aliphatic rings. The highest BCUT2D eigenvalue weighted by atomic mass is 14.8. The molecule has 10 heavy (non-hydrogen) atoms. The van der Waals surface area contributed by atoms with Gasteiger partial charge in [0.25, 0.3) is 0 Å². The summed E-state index contributed by atoms with van der Waals surface area (Å²) in [5.41, 5.74) is 0.256. The summed E-state index contributed by atoms with van der Waals surface area (Å²) in [5.74, 6) is 0. The Labute approximate surface area is 64.2 Å². The molecule has 48 valence electrons. The standard InChI is InChI=1S/C8H6N2/c1-2-4-8-7(3-1)5-9-6-10-8/h1-6H/i1D,2D,3D,4D. The molecule has 0 spiro atoms. The molecule has 0 unspecified atom stereocenters. The molecule has 1 aromatic carbocycles. The molecule has 0 bridgehead atoms. The van der Waals surface area contributed by atoms with Crippen molar-refractivity contribution in [3.63, 3.8) is 0 Å². The lowest BCUT2D eigenvalue weighted by Gasteiger charge is -1.90. The molecule has 0 amide bonds. The molecular formula is C8H6N2. The summed E-state index contributed by atoms with van der Waals surface area (Å²) in [4.78, 5) is 7.55. The van der Waals surface area contributed by atoms with Gasteiger partial charge in [-0.3, -0.25) is 0 Å². The molecule has 0 saturated heterocycles. The maximum absolute atomic E-state index is 7.55. The van der Waals surface area contributed by atoms with E-state index in [-0.39, 0.29) is 29.7 Å². The van der Waals surface area contributed by atoms with Crippen molar-refractivity contribution in [2.45, 2.75) is 0 Å². The van der Waals surface area contributed by atoms with Gasteiger partial charge in [0.1, 0.15) is 6.33 Å². The van der Waals surface area contributed by atoms with Crippen LogP contribution in [0.25, 0.3) is 10.9 Å². The number of fused-ring (bicyclic) bond motifs is 1. The van der Waals surface area contributed by atoms with Gasteiger partial charge in [-0.2, -0.15) is 0 Å². The van der Waals surface area contributed by atoms with Crippen LogP contribution in [0.2, 0.25) is 0 Å². The highest BCUT2D eigenvalue weighted by Crippen LogP contribution is 2.06. The lowest BCUT2D eigenvalue weighted by Crippen LogP contribution is -1.77. The number of aromatic nitrogens is 2. The Hall–Kier alpha value is -1.44. The third-order valence-electron chi connectivity index (χ3n) is 1.15. The largest absolute Gasteiger partial charge is 0.244 e. The van der Waals surface area contributed by atoms with Gasteiger partial charge in [-0.1, -0.05) is 18.1 Å². The van der Waals surface area contributed by atoms with Crippen molar-refractivity contribution in [2.24, 2.45) is 0 Å². The van der Waals surface area contributed by atoms with Crippen LogP contribution in [0.5, 0.6) is 0 Å². The number of hydrogen-bond acceptors (Lipinski definition) is 2. The minimum atomic E-state index is -0.263. The zero-order chi connectivity index (χ0) is 10.3. The molecule has 0 saturated carbocycles. The topological polar surface area (TPSA) is 25.8 Å². The zero-order valence-corrected chi connectivity index (χ0v) is 5.05. The molecular weight excluding hydrogens is 124 g/mol. The summed E-state index contributed by atoms with van der Waals surface area (Å²) in [6.07, 6.45) is 2.66. The second kappa shape index (κ2) is 2.06. The molecule has 2 rings (SSSR count). The Morgan fingerprint density at radius 3 is 3.20 bits per heavy atom. The molecule has 0 N–H and O–H groups in total. The third kappa shape index (κ3) is 0.739. The molecule has 0 fully saturated rings. The first-order valence-electron chi connectivity index (χ1n) is 4.79. The highest BCUT2D eigenvalue weighted by molar-refractivity contribution is 5.76. The first kappa shape index (κ1) is 2.66. The van der Waals surface area contributed by atoms with Gasteiger partial charge in [0.05, 0.1) is 11.0 Å². The van der Waals surface area contributed by atoms with E-state index < -0.39 is 0 Å². The van der Waals surface area contributed by atoms with Gasteiger partial charge in [0.15, 0.2) is 0 Å². The van der Waals surface area contributed by atoms with E-state index in [0.29, 0.717) is 5.39 Å². The van der Waals surface area contributed by atoms with E-state index in [1.807, 2.05) is 0 Å². The summed E-state index contributed by atoms with van der Waals surface area (Å²) in [5, 5.41) is 0.346. The minimum Gasteiger partial charge on any atom is -0.244 e. The quantitative estimate of drug-likeness (QED) is 0.547. The van der Waals surface area contributed by atoms with Gasteiger partial charge in [-0.25, -0.2) is 9.97 Å². The van der Waals surface area contributed by atoms with Gasteiger partial charge in [0, 0.05) is 11.6 Å². The summed E-state index contributed by atoms with van der Waals surface area (Å²) in [6, 6.07) is -0.733. The smallest absolute Gasteiger partial charge is 0.116 e. The van der Waals surface area contributed by atoms with Gasteiger partial charge in [-0.05, 0) is 6.04 Å². The van der Waals surface area contributed by atoms with Crippen LogP contribution >= 0.6 is 0 Å². The predicted molar refractivity (Wildman–Crippen MR) is 39.5 cm³/mol. The first-order chi connectivity index (χ1) is 6.63. The van der Waals surface area contributed by atoms with Crippen molar-refractivity contribution in [3.05, 3.63) is 36.7 Å². The fraction of sp³-hybridized carbons (Fsp3) is 0. The molecule has 1 heterocycles. The molecule has 2 heteroatoms. The minimum absolute atomic E-state index is 0.0957. The number of para-hydroxylation sites is 1. The number of hydrogen-bond donors (Lipinski definition) is 0. The van der Waals surface area contributed by atoms with Crippen molar-refractivity contribution in [1.82, 2.24) is 9.97 Å². The number of benzene rings is 1.